The van der Waals surface area contributed by atoms with Crippen LogP contribution in [0.15, 0.2) is 45.6 Å². The fraction of sp³-hybridized carbons (Fsp3) is 0.318. The average molecular weight is 461 g/mol. The predicted molar refractivity (Wildman–Crippen MR) is 118 cm³/mol. The summed E-state index contributed by atoms with van der Waals surface area (Å²) in [5.41, 5.74) is 1.07. The van der Waals surface area contributed by atoms with Gasteiger partial charge in [0.2, 0.25) is 0 Å². The first-order valence-electron chi connectivity index (χ1n) is 10.1. The van der Waals surface area contributed by atoms with Crippen molar-refractivity contribution in [3.63, 3.8) is 0 Å². The molecule has 10 heteroatoms. The number of phenols is 1. The summed E-state index contributed by atoms with van der Waals surface area (Å²) >= 11 is 0. The topological polar surface area (TPSA) is 141 Å². The van der Waals surface area contributed by atoms with Gasteiger partial charge in [0.1, 0.15) is 28.2 Å². The van der Waals surface area contributed by atoms with Crippen LogP contribution in [-0.4, -0.2) is 51.1 Å². The van der Waals surface area contributed by atoms with Gasteiger partial charge in [0.15, 0.2) is 5.43 Å². The lowest BCUT2D eigenvalue weighted by Gasteiger charge is -2.34. The Labute approximate surface area is 183 Å². The van der Waals surface area contributed by atoms with E-state index in [1.165, 1.54) is 6.07 Å². The Bertz CT molecular complexity index is 1280. The van der Waals surface area contributed by atoms with Crippen molar-refractivity contribution in [1.29, 1.82) is 0 Å². The molecule has 2 heterocycles. The minimum Gasteiger partial charge on any atom is -0.507 e. The number of aliphatic hydroxyl groups excluding tert-OH is 1. The summed E-state index contributed by atoms with van der Waals surface area (Å²) in [6.45, 7) is 2.76. The number of β-amino-alcohol motifs (C(OH)–C–C–N with tert-alkyl or cyclic N) is 1. The third kappa shape index (κ3) is 4.30. The number of phosphoric ester groups is 1. The van der Waals surface area contributed by atoms with E-state index in [-0.39, 0.29) is 28.0 Å². The van der Waals surface area contributed by atoms with Gasteiger partial charge in [-0.2, -0.15) is 0 Å². The van der Waals surface area contributed by atoms with Gasteiger partial charge in [0.25, 0.3) is 0 Å². The van der Waals surface area contributed by atoms with E-state index in [2.05, 4.69) is 0 Å². The molecule has 4 rings (SSSR count). The van der Waals surface area contributed by atoms with Crippen molar-refractivity contribution in [3.05, 3.63) is 57.7 Å². The van der Waals surface area contributed by atoms with Crippen molar-refractivity contribution >= 4 is 18.8 Å². The lowest BCUT2D eigenvalue weighted by molar-refractivity contribution is 0.0632. The van der Waals surface area contributed by atoms with Crippen LogP contribution in [0.5, 0.6) is 11.5 Å². The van der Waals surface area contributed by atoms with Crippen LogP contribution in [0.25, 0.3) is 22.3 Å². The highest BCUT2D eigenvalue weighted by Gasteiger charge is 2.35. The number of rotatable bonds is 4. The Balaban J connectivity index is 2.05. The van der Waals surface area contributed by atoms with E-state index >= 15 is 0 Å². The molecular weight excluding hydrogens is 437 g/mol. The molecule has 9 nitrogen and oxygen atoms in total. The van der Waals surface area contributed by atoms with Gasteiger partial charge in [-0.1, -0.05) is 24.3 Å². The first-order valence-corrected chi connectivity index (χ1v) is 11.6. The second-order valence-electron chi connectivity index (χ2n) is 8.11. The number of benzene rings is 2. The number of hydrogen-bond acceptors (Lipinski definition) is 7. The van der Waals surface area contributed by atoms with Crippen LogP contribution in [0.1, 0.15) is 23.5 Å². The van der Waals surface area contributed by atoms with Crippen LogP contribution in [-0.2, 0) is 4.57 Å². The van der Waals surface area contributed by atoms with E-state index in [0.717, 1.165) is 11.6 Å². The van der Waals surface area contributed by atoms with Crippen LogP contribution in [0.2, 0.25) is 0 Å². The molecule has 4 N–H and O–H groups in total. The number of aromatic hydroxyl groups is 1. The van der Waals surface area contributed by atoms with Crippen molar-refractivity contribution in [2.45, 2.75) is 25.4 Å². The largest absolute Gasteiger partial charge is 0.524 e. The minimum absolute atomic E-state index is 0.0622. The second-order valence-corrected chi connectivity index (χ2v) is 9.27. The smallest absolute Gasteiger partial charge is 0.507 e. The zero-order valence-corrected chi connectivity index (χ0v) is 18.5. The molecule has 1 aliphatic rings. The zero-order chi connectivity index (χ0) is 23.2. The maximum absolute atomic E-state index is 13.0. The number of likely N-dealkylation sites (N-methyl/N-ethyl adjacent to an activating group) is 1. The number of aryl methyl sites for hydroxylation is 1. The summed E-state index contributed by atoms with van der Waals surface area (Å²) in [5.74, 6) is -1.26. The van der Waals surface area contributed by atoms with Gasteiger partial charge >= 0.3 is 7.82 Å². The maximum Gasteiger partial charge on any atom is 0.524 e. The summed E-state index contributed by atoms with van der Waals surface area (Å²) in [7, 11) is -3.16. The average Bonchev–Trinajstić information content (AvgIpc) is 2.68. The van der Waals surface area contributed by atoms with Gasteiger partial charge in [-0.3, -0.25) is 14.6 Å². The van der Waals surface area contributed by atoms with Crippen LogP contribution >= 0.6 is 7.82 Å². The fourth-order valence-corrected chi connectivity index (χ4v) is 4.68. The van der Waals surface area contributed by atoms with Crippen molar-refractivity contribution in [3.8, 4) is 22.8 Å². The number of phosphoric acid groups is 1. The number of aliphatic hydroxyl groups is 1. The van der Waals surface area contributed by atoms with Crippen molar-refractivity contribution < 1.29 is 33.5 Å². The molecule has 0 saturated carbocycles. The lowest BCUT2D eigenvalue weighted by Crippen LogP contribution is -2.40. The molecule has 32 heavy (non-hydrogen) atoms. The Morgan fingerprint density at radius 3 is 2.59 bits per heavy atom. The van der Waals surface area contributed by atoms with Crippen molar-refractivity contribution in [2.24, 2.45) is 0 Å². The third-order valence-electron chi connectivity index (χ3n) is 5.77. The summed E-state index contributed by atoms with van der Waals surface area (Å²) in [6.07, 6.45) is -0.485. The maximum atomic E-state index is 13.0. The molecule has 1 aliphatic heterocycles. The molecule has 2 atom stereocenters. The van der Waals surface area contributed by atoms with E-state index in [1.807, 2.05) is 31.0 Å². The van der Waals surface area contributed by atoms with E-state index in [1.54, 1.807) is 12.1 Å². The molecule has 0 amide bonds. The number of piperidine rings is 1. The SMILES string of the molecule is Cc1ccccc1-c1cc(=O)c2c(O)cc(OP(=O)(O)O)c([C@H]3CCN(C)C[C@H]3O)c2o1. The van der Waals surface area contributed by atoms with Gasteiger partial charge in [0.05, 0.1) is 6.10 Å². The Hall–Kier alpha value is -2.68. The zero-order valence-electron chi connectivity index (χ0n) is 17.6. The number of fused-ring (bicyclic) bond motifs is 1. The molecular formula is C22H24NO8P. The highest BCUT2D eigenvalue weighted by molar-refractivity contribution is 7.46. The van der Waals surface area contributed by atoms with E-state index in [0.29, 0.717) is 25.1 Å². The van der Waals surface area contributed by atoms with Crippen molar-refractivity contribution in [2.75, 3.05) is 20.1 Å². The summed E-state index contributed by atoms with van der Waals surface area (Å²) < 4.78 is 22.6. The third-order valence-corrected chi connectivity index (χ3v) is 6.20. The number of likely N-dealkylation sites (tertiary alicyclic amines) is 1. The first-order chi connectivity index (χ1) is 15.0. The Morgan fingerprint density at radius 2 is 1.94 bits per heavy atom. The predicted octanol–water partition coefficient (Wildman–Crippen LogP) is 2.73. The highest BCUT2D eigenvalue weighted by Crippen LogP contribution is 2.48. The van der Waals surface area contributed by atoms with E-state index in [4.69, 9.17) is 8.94 Å². The van der Waals surface area contributed by atoms with Gasteiger partial charge in [-0.05, 0) is 32.5 Å². The monoisotopic (exact) mass is 461 g/mol. The molecule has 1 fully saturated rings. The lowest BCUT2D eigenvalue weighted by atomic mass is 9.85. The molecule has 0 spiro atoms. The summed E-state index contributed by atoms with van der Waals surface area (Å²) in [5, 5.41) is 21.1. The van der Waals surface area contributed by atoms with E-state index in [9.17, 15) is 29.4 Å². The van der Waals surface area contributed by atoms with Gasteiger partial charge in [-0.15, -0.1) is 0 Å². The molecule has 0 aliphatic carbocycles. The molecule has 0 radical (unpaired) electrons. The van der Waals surface area contributed by atoms with Crippen molar-refractivity contribution in [1.82, 2.24) is 4.90 Å². The first kappa shape index (κ1) is 22.5. The molecule has 3 aromatic rings. The molecule has 2 aromatic carbocycles. The molecule has 0 bridgehead atoms. The Morgan fingerprint density at radius 1 is 1.22 bits per heavy atom. The minimum atomic E-state index is -5.01. The normalized spacial score (nSPS) is 19.9. The van der Waals surface area contributed by atoms with Crippen LogP contribution in [0.3, 0.4) is 0 Å². The van der Waals surface area contributed by atoms with E-state index < -0.39 is 31.0 Å². The molecule has 170 valence electrons. The standard InChI is InChI=1S/C22H24NO8P/c1-12-5-3-4-6-13(12)18-9-15(24)21-16(25)10-19(31-32(27,28)29)20(22(21)30-18)14-7-8-23(2)11-17(14)26/h3-6,9-10,14,17,25-26H,7-8,11H2,1-2H3,(H2,27,28,29)/t14-,17+/m0/s1. The number of phenolic OH excluding ortho intramolecular Hbond substituents is 1. The summed E-state index contributed by atoms with van der Waals surface area (Å²) in [6, 6.07) is 9.52. The van der Waals surface area contributed by atoms with Gasteiger partial charge in [-0.25, -0.2) is 4.57 Å². The van der Waals surface area contributed by atoms with Gasteiger partial charge in [0, 0.05) is 35.7 Å². The van der Waals surface area contributed by atoms with Crippen LogP contribution in [0, 0.1) is 6.92 Å². The number of nitrogens with zero attached hydrogens (tertiary/aromatic N) is 1. The molecule has 0 unspecified atom stereocenters. The quantitative estimate of drug-likeness (QED) is 0.432. The van der Waals surface area contributed by atoms with Gasteiger partial charge < -0.3 is 24.1 Å². The highest BCUT2D eigenvalue weighted by atomic mass is 31.2. The Kier molecular flexibility index (Phi) is 5.87. The number of hydrogen-bond donors (Lipinski definition) is 4. The fourth-order valence-electron chi connectivity index (χ4n) is 4.28. The summed E-state index contributed by atoms with van der Waals surface area (Å²) in [4.78, 5) is 33.8. The molecule has 1 aromatic heterocycles. The van der Waals surface area contributed by atoms with Crippen LogP contribution < -0.4 is 9.95 Å². The second kappa shape index (κ2) is 8.35. The van der Waals surface area contributed by atoms with Crippen LogP contribution in [0.4, 0.5) is 0 Å². The molecule has 1 saturated heterocycles.